The van der Waals surface area contributed by atoms with Crippen LogP contribution in [0.25, 0.3) is 0 Å². The van der Waals surface area contributed by atoms with E-state index < -0.39 is 5.97 Å². The third-order valence-corrected chi connectivity index (χ3v) is 2.99. The first-order chi connectivity index (χ1) is 8.66. The van der Waals surface area contributed by atoms with E-state index in [4.69, 9.17) is 5.11 Å². The number of hydrogen-bond donors (Lipinski definition) is 2. The zero-order valence-corrected chi connectivity index (χ0v) is 9.92. The molecule has 0 aliphatic heterocycles. The van der Waals surface area contributed by atoms with Gasteiger partial charge in [0.05, 0.1) is 18.9 Å². The van der Waals surface area contributed by atoms with Crippen molar-refractivity contribution in [2.45, 2.75) is 6.54 Å². The molecular formula is C9H9N5O3S. The van der Waals surface area contributed by atoms with Crippen molar-refractivity contribution >= 4 is 23.2 Å². The molecule has 8 nitrogen and oxygen atoms in total. The maximum absolute atomic E-state index is 11.6. The Bertz CT molecular complexity index is 550. The summed E-state index contributed by atoms with van der Waals surface area (Å²) in [6, 6.07) is 0. The van der Waals surface area contributed by atoms with E-state index in [9.17, 15) is 9.59 Å². The number of carboxylic acid groups (broad SMARTS) is 1. The largest absolute Gasteiger partial charge is 0.476 e. The number of aromatic carboxylic acids is 1. The van der Waals surface area contributed by atoms with E-state index in [2.05, 4.69) is 20.6 Å². The molecule has 0 radical (unpaired) electrons. The Morgan fingerprint density at radius 2 is 2.33 bits per heavy atom. The van der Waals surface area contributed by atoms with E-state index in [1.54, 1.807) is 17.1 Å². The molecule has 2 rings (SSSR count). The molecule has 0 aromatic carbocycles. The molecule has 2 N–H and O–H groups in total. The highest BCUT2D eigenvalue weighted by atomic mass is 32.1. The Kier molecular flexibility index (Phi) is 3.63. The van der Waals surface area contributed by atoms with E-state index in [0.717, 1.165) is 11.3 Å². The molecule has 2 aromatic heterocycles. The molecule has 0 spiro atoms. The maximum atomic E-state index is 11.6. The summed E-state index contributed by atoms with van der Waals surface area (Å²) in [5.74, 6) is -1.48. The number of nitrogens with one attached hydrogen (secondary N) is 1. The maximum Gasteiger partial charge on any atom is 0.365 e. The first kappa shape index (κ1) is 12.2. The summed E-state index contributed by atoms with van der Waals surface area (Å²) in [5.41, 5.74) is 0. The average molecular weight is 267 g/mol. The van der Waals surface area contributed by atoms with E-state index in [1.165, 1.54) is 6.20 Å². The van der Waals surface area contributed by atoms with Gasteiger partial charge in [0.15, 0.2) is 0 Å². The van der Waals surface area contributed by atoms with Gasteiger partial charge in [-0.3, -0.25) is 9.48 Å². The third kappa shape index (κ3) is 2.88. The summed E-state index contributed by atoms with van der Waals surface area (Å²) >= 11 is 0.840. The third-order valence-electron chi connectivity index (χ3n) is 2.01. The molecule has 9 heteroatoms. The van der Waals surface area contributed by atoms with Crippen LogP contribution >= 0.6 is 11.3 Å². The number of carbonyl (C=O) groups excluding carboxylic acids is 1. The highest BCUT2D eigenvalue weighted by Crippen LogP contribution is 2.12. The first-order valence-electron chi connectivity index (χ1n) is 4.98. The number of nitrogens with zero attached hydrogens (tertiary/aromatic N) is 4. The fraction of sp³-hybridized carbons (Fsp3) is 0.222. The van der Waals surface area contributed by atoms with Crippen molar-refractivity contribution < 1.29 is 14.7 Å². The molecule has 2 aromatic rings. The average Bonchev–Trinajstić information content (AvgIpc) is 2.99. The molecule has 0 fully saturated rings. The van der Waals surface area contributed by atoms with Crippen molar-refractivity contribution in [2.75, 3.05) is 6.54 Å². The summed E-state index contributed by atoms with van der Waals surface area (Å²) in [6.07, 6.45) is 4.48. The van der Waals surface area contributed by atoms with Crippen molar-refractivity contribution in [3.8, 4) is 0 Å². The standard InChI is InChI=1S/C9H9N5O3S/c15-7(6-5-11-8(18-6)9(16)17)10-1-3-14-4-2-12-13-14/h2,4-5H,1,3H2,(H,10,15)(H,16,17). The predicted octanol–water partition coefficient (Wildman–Crippen LogP) is -0.137. The fourth-order valence-corrected chi connectivity index (χ4v) is 1.87. The number of thiazole rings is 1. The van der Waals surface area contributed by atoms with Crippen LogP contribution in [0, 0.1) is 0 Å². The van der Waals surface area contributed by atoms with Gasteiger partial charge in [-0.2, -0.15) is 0 Å². The molecular weight excluding hydrogens is 258 g/mol. The molecule has 2 heterocycles. The van der Waals surface area contributed by atoms with Gasteiger partial charge in [0.1, 0.15) is 4.88 Å². The van der Waals surface area contributed by atoms with Crippen molar-refractivity contribution in [1.29, 1.82) is 0 Å². The number of carbonyl (C=O) groups is 2. The molecule has 94 valence electrons. The van der Waals surface area contributed by atoms with Gasteiger partial charge in [-0.15, -0.1) is 16.4 Å². The quantitative estimate of drug-likeness (QED) is 0.780. The number of amides is 1. The van der Waals surface area contributed by atoms with Gasteiger partial charge >= 0.3 is 5.97 Å². The van der Waals surface area contributed by atoms with Crippen LogP contribution in [0.5, 0.6) is 0 Å². The molecule has 0 aliphatic rings. The lowest BCUT2D eigenvalue weighted by Crippen LogP contribution is -2.26. The Labute approximate surface area is 105 Å². The van der Waals surface area contributed by atoms with Crippen molar-refractivity contribution in [1.82, 2.24) is 25.3 Å². The Hall–Kier alpha value is -2.29. The number of aromatic nitrogens is 4. The minimum absolute atomic E-state index is 0.101. The van der Waals surface area contributed by atoms with Crippen LogP contribution in [0.15, 0.2) is 18.6 Å². The van der Waals surface area contributed by atoms with Crippen LogP contribution < -0.4 is 5.32 Å². The van der Waals surface area contributed by atoms with Crippen LogP contribution in [-0.4, -0.2) is 43.5 Å². The van der Waals surface area contributed by atoms with E-state index in [0.29, 0.717) is 13.1 Å². The van der Waals surface area contributed by atoms with Gasteiger partial charge in [0.25, 0.3) is 5.91 Å². The Balaban J connectivity index is 1.85. The SMILES string of the molecule is O=C(NCCn1ccnn1)c1cnc(C(=O)O)s1. The monoisotopic (exact) mass is 267 g/mol. The van der Waals surface area contributed by atoms with Crippen LogP contribution in [-0.2, 0) is 6.54 Å². The Morgan fingerprint density at radius 3 is 2.94 bits per heavy atom. The molecule has 1 amide bonds. The van der Waals surface area contributed by atoms with Crippen molar-refractivity contribution in [3.63, 3.8) is 0 Å². The minimum Gasteiger partial charge on any atom is -0.476 e. The zero-order chi connectivity index (χ0) is 13.0. The predicted molar refractivity (Wildman–Crippen MR) is 61.4 cm³/mol. The Morgan fingerprint density at radius 1 is 1.50 bits per heavy atom. The molecule has 0 saturated heterocycles. The second-order valence-corrected chi connectivity index (χ2v) is 4.29. The van der Waals surface area contributed by atoms with E-state index in [1.807, 2.05) is 0 Å². The van der Waals surface area contributed by atoms with Gasteiger partial charge in [0.2, 0.25) is 5.01 Å². The lowest BCUT2D eigenvalue weighted by atomic mass is 10.5. The second-order valence-electron chi connectivity index (χ2n) is 3.26. The second kappa shape index (κ2) is 5.36. The van der Waals surface area contributed by atoms with E-state index >= 15 is 0 Å². The molecule has 0 unspecified atom stereocenters. The number of hydrogen-bond acceptors (Lipinski definition) is 6. The molecule has 18 heavy (non-hydrogen) atoms. The zero-order valence-electron chi connectivity index (χ0n) is 9.11. The summed E-state index contributed by atoms with van der Waals surface area (Å²) < 4.78 is 1.58. The van der Waals surface area contributed by atoms with Crippen molar-refractivity contribution in [2.24, 2.45) is 0 Å². The lowest BCUT2D eigenvalue weighted by molar-refractivity contribution is 0.0696. The highest BCUT2D eigenvalue weighted by Gasteiger charge is 2.13. The minimum atomic E-state index is -1.14. The molecule has 0 atom stereocenters. The normalized spacial score (nSPS) is 10.2. The van der Waals surface area contributed by atoms with E-state index in [-0.39, 0.29) is 15.8 Å². The fourth-order valence-electron chi connectivity index (χ4n) is 1.20. The lowest BCUT2D eigenvalue weighted by Gasteiger charge is -2.02. The summed E-state index contributed by atoms with van der Waals surface area (Å²) in [4.78, 5) is 26.1. The van der Waals surface area contributed by atoms with Gasteiger partial charge in [-0.1, -0.05) is 5.21 Å². The van der Waals surface area contributed by atoms with Gasteiger partial charge in [-0.25, -0.2) is 9.78 Å². The molecule has 0 bridgehead atoms. The van der Waals surface area contributed by atoms with Gasteiger partial charge < -0.3 is 10.4 Å². The van der Waals surface area contributed by atoms with Crippen LogP contribution in [0.1, 0.15) is 19.5 Å². The first-order valence-corrected chi connectivity index (χ1v) is 5.80. The number of carboxylic acids is 1. The van der Waals surface area contributed by atoms with Crippen LogP contribution in [0.3, 0.4) is 0 Å². The smallest absolute Gasteiger partial charge is 0.365 e. The van der Waals surface area contributed by atoms with Crippen molar-refractivity contribution in [3.05, 3.63) is 28.5 Å². The van der Waals surface area contributed by atoms with Crippen LogP contribution in [0.2, 0.25) is 0 Å². The van der Waals surface area contributed by atoms with Gasteiger partial charge in [-0.05, 0) is 0 Å². The highest BCUT2D eigenvalue weighted by molar-refractivity contribution is 7.15. The summed E-state index contributed by atoms with van der Waals surface area (Å²) in [7, 11) is 0. The molecule has 0 saturated carbocycles. The summed E-state index contributed by atoms with van der Waals surface area (Å²) in [6.45, 7) is 0.874. The summed E-state index contributed by atoms with van der Waals surface area (Å²) in [5, 5.41) is 18.6. The van der Waals surface area contributed by atoms with Crippen LogP contribution in [0.4, 0.5) is 0 Å². The topological polar surface area (TPSA) is 110 Å². The number of rotatable bonds is 5. The molecule has 0 aliphatic carbocycles. The van der Waals surface area contributed by atoms with Gasteiger partial charge in [0, 0.05) is 12.7 Å².